The largest absolute Gasteiger partial charge is 0.858 e. The van der Waals surface area contributed by atoms with Crippen molar-refractivity contribution in [2.75, 3.05) is 31.2 Å². The van der Waals surface area contributed by atoms with Crippen LogP contribution in [-0.2, 0) is 14.8 Å². The van der Waals surface area contributed by atoms with Crippen LogP contribution in [0.25, 0.3) is 0 Å². The minimum atomic E-state index is -3.43. The zero-order valence-corrected chi connectivity index (χ0v) is 11.7. The summed E-state index contributed by atoms with van der Waals surface area (Å²) in [7, 11) is -1.85. The van der Waals surface area contributed by atoms with Crippen molar-refractivity contribution in [1.29, 1.82) is 0 Å². The average Bonchev–Trinajstić information content (AvgIpc) is 2.33. The number of para-hydroxylation sites is 1. The highest BCUT2D eigenvalue weighted by Gasteiger charge is 2.06. The molecule has 0 aliphatic carbocycles. The highest BCUT2D eigenvalue weighted by atomic mass is 32.2. The number of rotatable bonds is 7. The Labute approximate surface area is 113 Å². The van der Waals surface area contributed by atoms with E-state index in [9.17, 15) is 13.5 Å². The van der Waals surface area contributed by atoms with Gasteiger partial charge in [0.2, 0.25) is 10.0 Å². The Bertz CT molecular complexity index is 540. The highest BCUT2D eigenvalue weighted by Crippen LogP contribution is 2.15. The quantitative estimate of drug-likeness (QED) is 0.440. The summed E-state index contributed by atoms with van der Waals surface area (Å²) in [6, 6.07) is 6.37. The van der Waals surface area contributed by atoms with Crippen molar-refractivity contribution in [1.82, 2.24) is 0 Å². The van der Waals surface area contributed by atoms with Crippen LogP contribution < -0.4 is 9.83 Å². The van der Waals surface area contributed by atoms with Gasteiger partial charge in [0.15, 0.2) is 0 Å². The molecule has 0 atom stereocenters. The maximum atomic E-state index is 11.9. The Morgan fingerprint density at radius 3 is 2.74 bits per heavy atom. The van der Waals surface area contributed by atoms with Gasteiger partial charge in [-0.2, -0.15) is 0 Å². The van der Waals surface area contributed by atoms with Gasteiger partial charge in [-0.3, -0.25) is 4.72 Å². The van der Waals surface area contributed by atoms with Gasteiger partial charge in [0.05, 0.1) is 11.9 Å². The second-order valence-electron chi connectivity index (χ2n) is 3.95. The first-order chi connectivity index (χ1) is 8.94. The lowest BCUT2D eigenvalue weighted by molar-refractivity contribution is -0.213. The van der Waals surface area contributed by atoms with Crippen LogP contribution in [0.2, 0.25) is 0 Å². The van der Waals surface area contributed by atoms with Crippen LogP contribution in [0.3, 0.4) is 0 Å². The fourth-order valence-corrected chi connectivity index (χ4v) is 2.01. The zero-order chi connectivity index (χ0) is 14.3. The first-order valence-electron chi connectivity index (χ1n) is 5.71. The molecule has 0 aliphatic rings. The van der Waals surface area contributed by atoms with E-state index in [-0.39, 0.29) is 11.3 Å². The van der Waals surface area contributed by atoms with Crippen LogP contribution in [0.1, 0.15) is 12.0 Å². The summed E-state index contributed by atoms with van der Waals surface area (Å²) < 4.78 is 29.6. The van der Waals surface area contributed by atoms with Crippen LogP contribution in [0.15, 0.2) is 29.3 Å². The van der Waals surface area contributed by atoms with E-state index in [0.29, 0.717) is 19.6 Å². The fourth-order valence-electron chi connectivity index (χ4n) is 1.43. The number of anilines is 1. The summed E-state index contributed by atoms with van der Waals surface area (Å²) in [6.45, 7) is 0.875. The second-order valence-corrected chi connectivity index (χ2v) is 5.70. The van der Waals surface area contributed by atoms with Crippen molar-refractivity contribution in [2.45, 2.75) is 6.42 Å². The molecular formula is C12H17N2O4S-. The van der Waals surface area contributed by atoms with Crippen molar-refractivity contribution in [3.63, 3.8) is 0 Å². The van der Waals surface area contributed by atoms with Gasteiger partial charge in [-0.05, 0) is 18.4 Å². The third-order valence-electron chi connectivity index (χ3n) is 2.21. The van der Waals surface area contributed by atoms with Gasteiger partial charge in [-0.25, -0.2) is 8.42 Å². The number of hydrogen-bond acceptors (Lipinski definition) is 5. The van der Waals surface area contributed by atoms with Crippen LogP contribution in [-0.4, -0.2) is 40.8 Å². The predicted octanol–water partition coefficient (Wildman–Crippen LogP) is 0.201. The van der Waals surface area contributed by atoms with Crippen molar-refractivity contribution >= 4 is 21.6 Å². The van der Waals surface area contributed by atoms with Gasteiger partial charge in [0.25, 0.3) is 0 Å². The van der Waals surface area contributed by atoms with E-state index in [4.69, 9.17) is 4.74 Å². The molecule has 1 aromatic carbocycles. The number of ether oxygens (including phenoxy) is 1. The Hall–Kier alpha value is -1.60. The molecule has 0 amide bonds. The maximum Gasteiger partial charge on any atom is 0.229 e. The lowest BCUT2D eigenvalue weighted by Gasteiger charge is -2.16. The third kappa shape index (κ3) is 5.71. The topological polar surface area (TPSA) is 90.8 Å². The smallest absolute Gasteiger partial charge is 0.229 e. The standard InChI is InChI=1S/C12H18N2O4S/c1-18-9-5-8-13-12(15)10-6-3-4-7-11(10)14-19(2,16)17/h3-4,6-7,14H,5,8-9H2,1-2H3,(H,13,15)/p-1. The van der Waals surface area contributed by atoms with Crippen molar-refractivity contribution < 1.29 is 18.3 Å². The number of nitrogens with one attached hydrogen (secondary N) is 1. The molecule has 0 heterocycles. The number of aliphatic imine (C=N–C) groups is 1. The van der Waals surface area contributed by atoms with E-state index in [1.54, 1.807) is 19.2 Å². The first-order valence-corrected chi connectivity index (χ1v) is 7.61. The van der Waals surface area contributed by atoms with Crippen molar-refractivity contribution in [2.24, 2.45) is 4.99 Å². The molecule has 1 N–H and O–H groups in total. The normalized spacial score (nSPS) is 12.4. The number of hydrogen-bond donors (Lipinski definition) is 1. The maximum absolute atomic E-state index is 11.9. The number of nitrogens with zero attached hydrogens (tertiary/aromatic N) is 1. The van der Waals surface area contributed by atoms with Gasteiger partial charge in [0.1, 0.15) is 0 Å². The van der Waals surface area contributed by atoms with E-state index in [1.807, 2.05) is 0 Å². The average molecular weight is 285 g/mol. The molecule has 0 saturated heterocycles. The number of benzene rings is 1. The van der Waals surface area contributed by atoms with E-state index in [2.05, 4.69) is 9.71 Å². The summed E-state index contributed by atoms with van der Waals surface area (Å²) in [6.07, 6.45) is 1.67. The molecule has 0 radical (unpaired) electrons. The van der Waals surface area contributed by atoms with Gasteiger partial charge < -0.3 is 14.8 Å². The molecule has 6 nitrogen and oxygen atoms in total. The molecule has 0 aliphatic heterocycles. The van der Waals surface area contributed by atoms with Gasteiger partial charge in [-0.15, -0.1) is 0 Å². The Morgan fingerprint density at radius 2 is 2.11 bits per heavy atom. The molecule has 0 bridgehead atoms. The number of methoxy groups -OCH3 is 1. The Morgan fingerprint density at radius 1 is 1.42 bits per heavy atom. The van der Waals surface area contributed by atoms with E-state index < -0.39 is 15.9 Å². The van der Waals surface area contributed by atoms with Crippen LogP contribution in [0.5, 0.6) is 0 Å². The summed E-state index contributed by atoms with van der Waals surface area (Å²) >= 11 is 0. The third-order valence-corrected chi connectivity index (χ3v) is 2.81. The zero-order valence-electron chi connectivity index (χ0n) is 10.9. The summed E-state index contributed by atoms with van der Waals surface area (Å²) in [5.74, 6) is -0.442. The molecule has 106 valence electrons. The SMILES string of the molecule is COCCCN=C([O-])c1ccccc1NS(C)(=O)=O. The Balaban J connectivity index is 2.87. The van der Waals surface area contributed by atoms with Crippen molar-refractivity contribution in [3.05, 3.63) is 29.8 Å². The van der Waals surface area contributed by atoms with E-state index in [0.717, 1.165) is 6.26 Å². The first kappa shape index (κ1) is 15.5. The molecule has 0 spiro atoms. The van der Waals surface area contributed by atoms with Crippen LogP contribution in [0.4, 0.5) is 5.69 Å². The second kappa shape index (κ2) is 7.10. The van der Waals surface area contributed by atoms with Crippen LogP contribution >= 0.6 is 0 Å². The van der Waals surface area contributed by atoms with E-state index >= 15 is 0 Å². The molecule has 19 heavy (non-hydrogen) atoms. The molecular weight excluding hydrogens is 268 g/mol. The molecule has 0 aromatic heterocycles. The lowest BCUT2D eigenvalue weighted by atomic mass is 10.2. The molecule has 1 rings (SSSR count). The van der Waals surface area contributed by atoms with E-state index in [1.165, 1.54) is 12.1 Å². The fraction of sp³-hybridized carbons (Fsp3) is 0.417. The van der Waals surface area contributed by atoms with Gasteiger partial charge in [0, 0.05) is 25.8 Å². The molecule has 0 fully saturated rings. The summed E-state index contributed by atoms with van der Waals surface area (Å²) in [5, 5.41) is 11.9. The van der Waals surface area contributed by atoms with Crippen LogP contribution in [0, 0.1) is 0 Å². The highest BCUT2D eigenvalue weighted by molar-refractivity contribution is 7.92. The van der Waals surface area contributed by atoms with Gasteiger partial charge >= 0.3 is 0 Å². The summed E-state index contributed by atoms with van der Waals surface area (Å²) in [4.78, 5) is 3.87. The predicted molar refractivity (Wildman–Crippen MR) is 72.8 cm³/mol. The minimum Gasteiger partial charge on any atom is -0.858 e. The van der Waals surface area contributed by atoms with Gasteiger partial charge in [-0.1, -0.05) is 18.2 Å². The lowest BCUT2D eigenvalue weighted by Crippen LogP contribution is -2.22. The Kier molecular flexibility index (Phi) is 5.78. The molecule has 7 heteroatoms. The summed E-state index contributed by atoms with van der Waals surface area (Å²) in [5.41, 5.74) is 0.482. The van der Waals surface area contributed by atoms with Crippen molar-refractivity contribution in [3.8, 4) is 0 Å². The minimum absolute atomic E-state index is 0.241. The molecule has 1 aromatic rings. The number of sulfonamides is 1. The monoisotopic (exact) mass is 285 g/mol. The molecule has 0 unspecified atom stereocenters. The molecule has 0 saturated carbocycles.